The second kappa shape index (κ2) is 9.67. The summed E-state index contributed by atoms with van der Waals surface area (Å²) in [5.41, 5.74) is 1.43. The van der Waals surface area contributed by atoms with Gasteiger partial charge in [-0.1, -0.05) is 11.3 Å². The monoisotopic (exact) mass is 469 g/mol. The van der Waals surface area contributed by atoms with Gasteiger partial charge in [-0.25, -0.2) is 0 Å². The molecule has 0 spiro atoms. The highest BCUT2D eigenvalue weighted by Crippen LogP contribution is 2.35. The van der Waals surface area contributed by atoms with Gasteiger partial charge in [0.2, 0.25) is 9.88 Å². The van der Waals surface area contributed by atoms with Crippen molar-refractivity contribution < 1.29 is 28.6 Å². The third kappa shape index (κ3) is 6.35. The Bertz CT molecular complexity index is 1050. The third-order valence-electron chi connectivity index (χ3n) is 3.64. The summed E-state index contributed by atoms with van der Waals surface area (Å²) >= 11 is 2.23. The molecular weight excluding hydrogens is 449 g/mol. The number of nitrogens with one attached hydrogen (secondary N) is 1. The minimum absolute atomic E-state index is 0.0200. The lowest BCUT2D eigenvalue weighted by Gasteiger charge is -2.14. The van der Waals surface area contributed by atoms with E-state index in [9.17, 15) is 9.36 Å². The zero-order valence-electron chi connectivity index (χ0n) is 16.1. The third-order valence-corrected chi connectivity index (χ3v) is 6.59. The number of amides is 1. The van der Waals surface area contributed by atoms with Gasteiger partial charge in [0, 0.05) is 18.1 Å². The van der Waals surface area contributed by atoms with Gasteiger partial charge in [-0.3, -0.25) is 14.7 Å². The fourth-order valence-corrected chi connectivity index (χ4v) is 4.48. The summed E-state index contributed by atoms with van der Waals surface area (Å²) in [7, 11) is -4.52. The van der Waals surface area contributed by atoms with Crippen LogP contribution in [0.3, 0.4) is 0 Å². The number of carbonyl (C=O) groups is 1. The maximum atomic E-state index is 12.6. The van der Waals surface area contributed by atoms with Crippen LogP contribution in [0.5, 0.6) is 11.5 Å². The normalized spacial score (nSPS) is 11.5. The molecule has 0 atom stereocenters. The molecule has 2 heterocycles. The second-order valence-corrected chi connectivity index (χ2v) is 10.0. The fraction of sp³-hybridized carbons (Fsp3) is 0.278. The number of benzene rings is 1. The fourth-order valence-electron chi connectivity index (χ4n) is 2.40. The van der Waals surface area contributed by atoms with Gasteiger partial charge in [0.25, 0.3) is 5.91 Å². The van der Waals surface area contributed by atoms with Crippen LogP contribution in [-0.4, -0.2) is 38.6 Å². The van der Waals surface area contributed by atoms with E-state index in [4.69, 9.17) is 19.3 Å². The minimum atomic E-state index is -4.52. The molecule has 0 aliphatic rings. The van der Waals surface area contributed by atoms with Crippen LogP contribution in [-0.2, 0) is 11.0 Å². The summed E-state index contributed by atoms with van der Waals surface area (Å²) in [6.45, 7) is 4.17. The van der Waals surface area contributed by atoms with Gasteiger partial charge in [-0.05, 0) is 48.4 Å². The summed E-state index contributed by atoms with van der Waals surface area (Å²) in [5.74, 6) is 0.415. The standard InChI is InChI=1S/C18H20N3O6PS2/c1-11(2)27-15-8-13(7-14(9-15)26-5-3-12-4-6-29-10-12)16(22)19-17-20-21-18(30-17)28(23,24)25/h4,6-11H,3,5H2,1-2H3,(H,19,20,22)(H2,23,24,25). The molecule has 0 fully saturated rings. The highest BCUT2D eigenvalue weighted by atomic mass is 32.1. The molecule has 0 radical (unpaired) electrons. The number of anilines is 1. The molecule has 1 amide bonds. The first-order valence-electron chi connectivity index (χ1n) is 8.87. The Morgan fingerprint density at radius 3 is 2.63 bits per heavy atom. The lowest BCUT2D eigenvalue weighted by Crippen LogP contribution is -2.13. The summed E-state index contributed by atoms with van der Waals surface area (Å²) in [6, 6.07) is 6.87. The average Bonchev–Trinajstić information content (AvgIpc) is 3.32. The highest BCUT2D eigenvalue weighted by molar-refractivity contribution is 7.67. The van der Waals surface area contributed by atoms with Crippen LogP contribution in [0, 0.1) is 0 Å². The lowest BCUT2D eigenvalue weighted by molar-refractivity contribution is 0.102. The Kier molecular flexibility index (Phi) is 7.22. The van der Waals surface area contributed by atoms with Gasteiger partial charge >= 0.3 is 7.60 Å². The van der Waals surface area contributed by atoms with Crippen LogP contribution < -0.4 is 19.5 Å². The predicted molar refractivity (Wildman–Crippen MR) is 115 cm³/mol. The molecule has 0 saturated heterocycles. The van der Waals surface area contributed by atoms with Crippen molar-refractivity contribution in [2.45, 2.75) is 26.4 Å². The molecule has 2 aromatic heterocycles. The smallest absolute Gasteiger partial charge is 0.386 e. The molecule has 3 rings (SSSR count). The lowest BCUT2D eigenvalue weighted by atomic mass is 10.2. The minimum Gasteiger partial charge on any atom is -0.493 e. The number of carbonyl (C=O) groups excluding carboxylic acids is 1. The van der Waals surface area contributed by atoms with E-state index in [1.807, 2.05) is 25.3 Å². The molecule has 3 aromatic rings. The van der Waals surface area contributed by atoms with Crippen LogP contribution >= 0.6 is 30.3 Å². The molecule has 9 nitrogen and oxygen atoms in total. The molecule has 1 aromatic carbocycles. The number of aromatic nitrogens is 2. The van der Waals surface area contributed by atoms with Crippen LogP contribution in [0.2, 0.25) is 0 Å². The molecule has 12 heteroatoms. The average molecular weight is 469 g/mol. The molecule has 30 heavy (non-hydrogen) atoms. The maximum absolute atomic E-state index is 12.6. The van der Waals surface area contributed by atoms with Gasteiger partial charge in [0.1, 0.15) is 11.5 Å². The van der Waals surface area contributed by atoms with Crippen LogP contribution in [0.25, 0.3) is 0 Å². The van der Waals surface area contributed by atoms with E-state index in [-0.39, 0.29) is 16.8 Å². The van der Waals surface area contributed by atoms with Crippen molar-refractivity contribution >= 4 is 46.1 Å². The molecule has 0 aliphatic carbocycles. The van der Waals surface area contributed by atoms with Crippen molar-refractivity contribution in [3.63, 3.8) is 0 Å². The Morgan fingerprint density at radius 1 is 1.23 bits per heavy atom. The van der Waals surface area contributed by atoms with Gasteiger partial charge in [-0.15, -0.1) is 10.2 Å². The van der Waals surface area contributed by atoms with Crippen LogP contribution in [0.15, 0.2) is 35.0 Å². The van der Waals surface area contributed by atoms with E-state index in [1.165, 1.54) is 5.56 Å². The summed E-state index contributed by atoms with van der Waals surface area (Å²) in [5, 5.41) is 13.5. The van der Waals surface area contributed by atoms with Crippen molar-refractivity contribution in [1.29, 1.82) is 0 Å². The quantitative estimate of drug-likeness (QED) is 0.408. The van der Waals surface area contributed by atoms with Crippen molar-refractivity contribution in [3.8, 4) is 11.5 Å². The Balaban J connectivity index is 1.74. The summed E-state index contributed by atoms with van der Waals surface area (Å²) < 4.78 is 22.3. The van der Waals surface area contributed by atoms with Gasteiger partial charge in [-0.2, -0.15) is 11.3 Å². The number of nitrogens with zero attached hydrogens (tertiary/aromatic N) is 2. The number of rotatable bonds is 9. The number of ether oxygens (including phenoxy) is 2. The van der Waals surface area contributed by atoms with Gasteiger partial charge < -0.3 is 19.3 Å². The summed E-state index contributed by atoms with van der Waals surface area (Å²) in [4.78, 5) is 30.9. The highest BCUT2D eigenvalue weighted by Gasteiger charge is 2.24. The number of thiophene rings is 1. The first kappa shape index (κ1) is 22.4. The van der Waals surface area contributed by atoms with E-state index in [0.717, 1.165) is 6.42 Å². The van der Waals surface area contributed by atoms with E-state index in [0.29, 0.717) is 29.4 Å². The van der Waals surface area contributed by atoms with Crippen molar-refractivity contribution in [2.24, 2.45) is 0 Å². The van der Waals surface area contributed by atoms with Crippen molar-refractivity contribution in [2.75, 3.05) is 11.9 Å². The van der Waals surface area contributed by atoms with E-state index in [2.05, 4.69) is 20.9 Å². The van der Waals surface area contributed by atoms with E-state index < -0.39 is 18.3 Å². The van der Waals surface area contributed by atoms with Gasteiger partial charge in [0.05, 0.1) is 12.7 Å². The molecule has 3 N–H and O–H groups in total. The Labute approximate surface area is 180 Å². The van der Waals surface area contributed by atoms with E-state index >= 15 is 0 Å². The first-order valence-corrected chi connectivity index (χ1v) is 12.2. The zero-order valence-corrected chi connectivity index (χ0v) is 18.7. The van der Waals surface area contributed by atoms with Crippen LogP contribution in [0.1, 0.15) is 29.8 Å². The second-order valence-electron chi connectivity index (χ2n) is 6.48. The molecule has 0 bridgehead atoms. The topological polar surface area (TPSA) is 131 Å². The Morgan fingerprint density at radius 2 is 2.00 bits per heavy atom. The number of hydrogen-bond donors (Lipinski definition) is 3. The Hall–Kier alpha value is -2.30. The molecule has 160 valence electrons. The first-order chi connectivity index (χ1) is 14.2. The zero-order chi connectivity index (χ0) is 21.7. The molecule has 0 unspecified atom stereocenters. The number of hydrogen-bond acceptors (Lipinski definition) is 8. The van der Waals surface area contributed by atoms with Gasteiger partial charge in [0.15, 0.2) is 0 Å². The molecular formula is C18H20N3O6PS2. The van der Waals surface area contributed by atoms with Crippen molar-refractivity contribution in [1.82, 2.24) is 10.2 Å². The largest absolute Gasteiger partial charge is 0.493 e. The SMILES string of the molecule is CC(C)Oc1cc(OCCc2ccsc2)cc(C(=O)Nc2nnc(P(=O)(O)O)s2)c1. The van der Waals surface area contributed by atoms with Crippen molar-refractivity contribution in [3.05, 3.63) is 46.2 Å². The summed E-state index contributed by atoms with van der Waals surface area (Å²) in [6.07, 6.45) is 0.631. The van der Waals surface area contributed by atoms with E-state index in [1.54, 1.807) is 29.5 Å². The molecule has 0 saturated carbocycles. The van der Waals surface area contributed by atoms with Crippen LogP contribution in [0.4, 0.5) is 5.13 Å². The predicted octanol–water partition coefficient (Wildman–Crippen LogP) is 3.06. The maximum Gasteiger partial charge on any atom is 0.386 e. The molecule has 0 aliphatic heterocycles.